The van der Waals surface area contributed by atoms with Gasteiger partial charge in [0.15, 0.2) is 6.10 Å². The molecule has 8 heteroatoms. The Labute approximate surface area is 89.3 Å². The first-order valence-electron chi connectivity index (χ1n) is 4.35. The SMILES string of the molecule is CC(ON1CC=NC=C1C(N)=O)C(F)(F)F. The second-order valence-corrected chi connectivity index (χ2v) is 3.06. The van der Waals surface area contributed by atoms with Gasteiger partial charge in [-0.2, -0.15) is 13.2 Å². The molecule has 0 radical (unpaired) electrons. The number of nitrogens with two attached hydrogens (primary N) is 1. The topological polar surface area (TPSA) is 67.9 Å². The second-order valence-electron chi connectivity index (χ2n) is 3.06. The Morgan fingerprint density at radius 2 is 2.31 bits per heavy atom. The Kier molecular flexibility index (Phi) is 3.53. The molecule has 0 fully saturated rings. The molecule has 0 saturated heterocycles. The van der Waals surface area contributed by atoms with Crippen molar-refractivity contribution in [3.63, 3.8) is 0 Å². The van der Waals surface area contributed by atoms with E-state index < -0.39 is 18.2 Å². The van der Waals surface area contributed by atoms with E-state index in [2.05, 4.69) is 9.83 Å². The van der Waals surface area contributed by atoms with Crippen molar-refractivity contribution in [3.8, 4) is 0 Å². The highest BCUT2D eigenvalue weighted by molar-refractivity contribution is 5.92. The number of hydrogen-bond acceptors (Lipinski definition) is 4. The molecule has 0 saturated carbocycles. The van der Waals surface area contributed by atoms with Crippen LogP contribution in [0.15, 0.2) is 16.9 Å². The summed E-state index contributed by atoms with van der Waals surface area (Å²) in [5.41, 5.74) is 4.75. The normalized spacial score (nSPS) is 18.2. The number of rotatable bonds is 3. The van der Waals surface area contributed by atoms with Crippen LogP contribution in [0.25, 0.3) is 0 Å². The molecule has 0 aromatic carbocycles. The van der Waals surface area contributed by atoms with Crippen molar-refractivity contribution in [1.82, 2.24) is 5.06 Å². The number of alkyl halides is 3. The summed E-state index contributed by atoms with van der Waals surface area (Å²) >= 11 is 0. The third-order valence-corrected chi connectivity index (χ3v) is 1.82. The number of amides is 1. The summed E-state index contributed by atoms with van der Waals surface area (Å²) in [6.45, 7) is 0.777. The summed E-state index contributed by atoms with van der Waals surface area (Å²) in [6.07, 6.45) is -4.18. The predicted molar refractivity (Wildman–Crippen MR) is 49.1 cm³/mol. The molecule has 1 unspecified atom stereocenters. The van der Waals surface area contributed by atoms with Gasteiger partial charge in [0.25, 0.3) is 5.91 Å². The van der Waals surface area contributed by atoms with E-state index in [1.807, 2.05) is 0 Å². The quantitative estimate of drug-likeness (QED) is 0.780. The second kappa shape index (κ2) is 4.52. The van der Waals surface area contributed by atoms with Crippen LogP contribution in [0.4, 0.5) is 13.2 Å². The van der Waals surface area contributed by atoms with Gasteiger partial charge in [-0.15, -0.1) is 0 Å². The van der Waals surface area contributed by atoms with E-state index in [0.29, 0.717) is 0 Å². The van der Waals surface area contributed by atoms with Crippen LogP contribution in [0.2, 0.25) is 0 Å². The molecule has 2 N–H and O–H groups in total. The number of hydroxylamine groups is 2. The molecule has 0 spiro atoms. The molecule has 0 aromatic heterocycles. The summed E-state index contributed by atoms with van der Waals surface area (Å²) < 4.78 is 36.6. The van der Waals surface area contributed by atoms with Crippen LogP contribution in [0, 0.1) is 0 Å². The molecule has 1 atom stereocenters. The van der Waals surface area contributed by atoms with Crippen LogP contribution in [0.1, 0.15) is 6.92 Å². The van der Waals surface area contributed by atoms with Gasteiger partial charge in [-0.1, -0.05) is 0 Å². The minimum absolute atomic E-state index is 0.0603. The summed E-state index contributed by atoms with van der Waals surface area (Å²) in [4.78, 5) is 19.1. The first kappa shape index (κ1) is 12.5. The Balaban J connectivity index is 2.71. The van der Waals surface area contributed by atoms with Gasteiger partial charge in [-0.05, 0) is 6.92 Å². The maximum atomic E-state index is 12.2. The van der Waals surface area contributed by atoms with Gasteiger partial charge >= 0.3 is 6.18 Å². The molecule has 1 rings (SSSR count). The van der Waals surface area contributed by atoms with Gasteiger partial charge in [0, 0.05) is 6.21 Å². The molecule has 0 aliphatic carbocycles. The summed E-state index contributed by atoms with van der Waals surface area (Å²) in [5.74, 6) is -0.897. The van der Waals surface area contributed by atoms with Crippen molar-refractivity contribution >= 4 is 12.1 Å². The van der Waals surface area contributed by atoms with E-state index in [1.165, 1.54) is 6.21 Å². The van der Waals surface area contributed by atoms with Crippen LogP contribution >= 0.6 is 0 Å². The van der Waals surface area contributed by atoms with E-state index in [4.69, 9.17) is 5.73 Å². The molecule has 0 bridgehead atoms. The van der Waals surface area contributed by atoms with Gasteiger partial charge in [-0.25, -0.2) is 5.06 Å². The van der Waals surface area contributed by atoms with Crippen molar-refractivity contribution in [2.24, 2.45) is 10.7 Å². The van der Waals surface area contributed by atoms with Crippen molar-refractivity contribution in [3.05, 3.63) is 11.9 Å². The Morgan fingerprint density at radius 1 is 1.69 bits per heavy atom. The van der Waals surface area contributed by atoms with E-state index >= 15 is 0 Å². The molecule has 90 valence electrons. The Bertz CT molecular complexity index is 338. The van der Waals surface area contributed by atoms with Crippen LogP contribution in [-0.2, 0) is 9.63 Å². The highest BCUT2D eigenvalue weighted by Gasteiger charge is 2.39. The van der Waals surface area contributed by atoms with Gasteiger partial charge in [0.2, 0.25) is 0 Å². The van der Waals surface area contributed by atoms with Crippen molar-refractivity contribution in [1.29, 1.82) is 0 Å². The number of aliphatic imine (C=N–C) groups is 1. The number of carbonyl (C=O) groups excluding carboxylic acids is 1. The minimum Gasteiger partial charge on any atom is -0.364 e. The fourth-order valence-corrected chi connectivity index (χ4v) is 0.944. The van der Waals surface area contributed by atoms with E-state index in [9.17, 15) is 18.0 Å². The average molecular weight is 237 g/mol. The van der Waals surface area contributed by atoms with Crippen LogP contribution in [0.3, 0.4) is 0 Å². The molecule has 16 heavy (non-hydrogen) atoms. The maximum Gasteiger partial charge on any atom is 0.416 e. The molecule has 1 aliphatic heterocycles. The number of hydrogen-bond donors (Lipinski definition) is 1. The molecular weight excluding hydrogens is 227 g/mol. The lowest BCUT2D eigenvalue weighted by molar-refractivity contribution is -0.278. The average Bonchev–Trinajstić information content (AvgIpc) is 2.16. The zero-order valence-corrected chi connectivity index (χ0v) is 8.36. The van der Waals surface area contributed by atoms with Crippen LogP contribution < -0.4 is 5.73 Å². The highest BCUT2D eigenvalue weighted by Crippen LogP contribution is 2.24. The molecule has 0 aromatic rings. The van der Waals surface area contributed by atoms with E-state index in [0.717, 1.165) is 18.2 Å². The summed E-state index contributed by atoms with van der Waals surface area (Å²) in [6, 6.07) is 0. The van der Waals surface area contributed by atoms with Gasteiger partial charge < -0.3 is 5.73 Å². The lowest BCUT2D eigenvalue weighted by atomic mass is 10.4. The fourth-order valence-electron chi connectivity index (χ4n) is 0.944. The standard InChI is InChI=1S/C8H10F3N3O2/c1-5(8(9,10)11)16-14-3-2-13-4-6(14)7(12)15/h2,4-5H,3H2,1H3,(H2,12,15). The van der Waals surface area contributed by atoms with Gasteiger partial charge in [0.05, 0.1) is 12.7 Å². The number of primary amides is 1. The molecule has 1 heterocycles. The first-order chi connectivity index (χ1) is 7.32. The van der Waals surface area contributed by atoms with E-state index in [-0.39, 0.29) is 12.2 Å². The maximum absolute atomic E-state index is 12.2. The molecular formula is C8H10F3N3O2. The monoisotopic (exact) mass is 237 g/mol. The van der Waals surface area contributed by atoms with Crippen molar-refractivity contribution in [2.75, 3.05) is 6.54 Å². The predicted octanol–water partition coefficient (Wildman–Crippen LogP) is 0.582. The fraction of sp³-hybridized carbons (Fsp3) is 0.500. The summed E-state index contributed by atoms with van der Waals surface area (Å²) in [7, 11) is 0. The van der Waals surface area contributed by atoms with Gasteiger partial charge in [-0.3, -0.25) is 14.6 Å². The van der Waals surface area contributed by atoms with Gasteiger partial charge in [0.1, 0.15) is 5.70 Å². The van der Waals surface area contributed by atoms with Crippen molar-refractivity contribution < 1.29 is 22.8 Å². The highest BCUT2D eigenvalue weighted by atomic mass is 19.4. The Morgan fingerprint density at radius 3 is 2.81 bits per heavy atom. The van der Waals surface area contributed by atoms with Crippen molar-refractivity contribution in [2.45, 2.75) is 19.2 Å². The third-order valence-electron chi connectivity index (χ3n) is 1.82. The summed E-state index contributed by atoms with van der Waals surface area (Å²) in [5, 5.41) is 0.771. The smallest absolute Gasteiger partial charge is 0.364 e. The largest absolute Gasteiger partial charge is 0.416 e. The Hall–Kier alpha value is -1.57. The van der Waals surface area contributed by atoms with Crippen LogP contribution in [-0.4, -0.2) is 36.0 Å². The molecule has 1 amide bonds. The number of halogens is 3. The molecule has 1 aliphatic rings. The number of nitrogens with zero attached hydrogens (tertiary/aromatic N) is 2. The zero-order chi connectivity index (χ0) is 12.3. The lowest BCUT2D eigenvalue weighted by Crippen LogP contribution is -2.41. The van der Waals surface area contributed by atoms with E-state index in [1.54, 1.807) is 0 Å². The minimum atomic E-state index is -4.50. The number of carbonyl (C=O) groups is 1. The molecule has 5 nitrogen and oxygen atoms in total. The first-order valence-corrected chi connectivity index (χ1v) is 4.35. The third kappa shape index (κ3) is 2.96. The lowest BCUT2D eigenvalue weighted by Gasteiger charge is -2.28. The van der Waals surface area contributed by atoms with Crippen LogP contribution in [0.5, 0.6) is 0 Å². The zero-order valence-electron chi connectivity index (χ0n) is 8.36.